The van der Waals surface area contributed by atoms with E-state index in [1.807, 2.05) is 6.07 Å². The number of rotatable bonds is 2. The van der Waals surface area contributed by atoms with Gasteiger partial charge in [0.1, 0.15) is 5.82 Å². The third-order valence-electron chi connectivity index (χ3n) is 2.07. The largest absolute Gasteiger partial charge is 0.350 e. The van der Waals surface area contributed by atoms with E-state index in [0.29, 0.717) is 5.69 Å². The number of hydrogen-bond donors (Lipinski definition) is 3. The Morgan fingerprint density at radius 2 is 2.31 bits per heavy atom. The minimum absolute atomic E-state index is 0.602. The highest BCUT2D eigenvalue weighted by Gasteiger charge is 2.09. The molecule has 0 saturated heterocycles. The van der Waals surface area contributed by atoms with Crippen LogP contribution in [0.15, 0.2) is 36.7 Å². The van der Waals surface area contributed by atoms with Gasteiger partial charge in [0, 0.05) is 18.0 Å². The minimum Gasteiger partial charge on any atom is -0.350 e. The molecule has 1 heterocycles. The standard InChI is InChI=1S/C10H10N4OS/c11-10(15)14(16)8-3-1-2-7(6-8)9-12-4-5-13-9/h1-6,16H,(H2,11,15)(H,12,13). The molecule has 0 fully saturated rings. The van der Waals surface area contributed by atoms with Crippen molar-refractivity contribution < 1.29 is 4.79 Å². The van der Waals surface area contributed by atoms with Crippen LogP contribution in [-0.2, 0) is 0 Å². The molecule has 0 unspecified atom stereocenters. The van der Waals surface area contributed by atoms with E-state index in [0.717, 1.165) is 15.7 Å². The van der Waals surface area contributed by atoms with E-state index in [1.165, 1.54) is 0 Å². The van der Waals surface area contributed by atoms with Gasteiger partial charge >= 0.3 is 6.03 Å². The van der Waals surface area contributed by atoms with Crippen LogP contribution in [0, 0.1) is 0 Å². The number of thiol groups is 1. The lowest BCUT2D eigenvalue weighted by Crippen LogP contribution is -2.27. The first-order valence-corrected chi connectivity index (χ1v) is 4.97. The molecule has 0 spiro atoms. The lowest BCUT2D eigenvalue weighted by Gasteiger charge is -2.12. The van der Waals surface area contributed by atoms with Gasteiger partial charge in [-0.3, -0.25) is 0 Å². The summed E-state index contributed by atoms with van der Waals surface area (Å²) in [5, 5.41) is 0. The average molecular weight is 234 g/mol. The summed E-state index contributed by atoms with van der Waals surface area (Å²) in [6.07, 6.45) is 3.39. The Labute approximate surface area is 97.8 Å². The first-order chi connectivity index (χ1) is 7.68. The number of carbonyl (C=O) groups is 1. The zero-order valence-electron chi connectivity index (χ0n) is 8.29. The van der Waals surface area contributed by atoms with Gasteiger partial charge in [-0.2, -0.15) is 0 Å². The van der Waals surface area contributed by atoms with Gasteiger partial charge in [0.15, 0.2) is 0 Å². The van der Waals surface area contributed by atoms with Crippen LogP contribution < -0.4 is 10.0 Å². The fourth-order valence-electron chi connectivity index (χ4n) is 1.34. The van der Waals surface area contributed by atoms with Crippen molar-refractivity contribution in [2.24, 2.45) is 5.73 Å². The number of anilines is 1. The Balaban J connectivity index is 2.37. The highest BCUT2D eigenvalue weighted by Crippen LogP contribution is 2.22. The molecule has 1 aromatic carbocycles. The van der Waals surface area contributed by atoms with E-state index < -0.39 is 6.03 Å². The molecule has 3 N–H and O–H groups in total. The van der Waals surface area contributed by atoms with Crippen LogP contribution in [0.5, 0.6) is 0 Å². The molecule has 0 aliphatic carbocycles. The van der Waals surface area contributed by atoms with E-state index in [4.69, 9.17) is 5.73 Å². The molecule has 2 amide bonds. The van der Waals surface area contributed by atoms with Crippen molar-refractivity contribution in [1.29, 1.82) is 0 Å². The molecule has 0 atom stereocenters. The number of nitrogens with zero attached hydrogens (tertiary/aromatic N) is 2. The summed E-state index contributed by atoms with van der Waals surface area (Å²) in [6.45, 7) is 0. The summed E-state index contributed by atoms with van der Waals surface area (Å²) in [7, 11) is 0. The Bertz CT molecular complexity index is 497. The van der Waals surface area contributed by atoms with Gasteiger partial charge < -0.3 is 10.7 Å². The van der Waals surface area contributed by atoms with Gasteiger partial charge in [-0.1, -0.05) is 24.9 Å². The second-order valence-electron chi connectivity index (χ2n) is 3.14. The molecule has 0 radical (unpaired) electrons. The van der Waals surface area contributed by atoms with E-state index in [-0.39, 0.29) is 0 Å². The minimum atomic E-state index is -0.625. The summed E-state index contributed by atoms with van der Waals surface area (Å²) in [5.41, 5.74) is 6.59. The number of imidazole rings is 1. The summed E-state index contributed by atoms with van der Waals surface area (Å²) in [5.74, 6) is 0.730. The van der Waals surface area contributed by atoms with E-state index >= 15 is 0 Å². The first-order valence-electron chi connectivity index (χ1n) is 4.57. The molecule has 0 aliphatic rings. The zero-order valence-corrected chi connectivity index (χ0v) is 9.19. The van der Waals surface area contributed by atoms with Crippen molar-refractivity contribution >= 4 is 24.5 Å². The maximum absolute atomic E-state index is 10.9. The number of aromatic amines is 1. The molecule has 2 aromatic rings. The number of hydrogen-bond acceptors (Lipinski definition) is 3. The zero-order chi connectivity index (χ0) is 11.5. The topological polar surface area (TPSA) is 75.0 Å². The lowest BCUT2D eigenvalue weighted by molar-refractivity contribution is 0.257. The number of nitrogens with two attached hydrogens (primary N) is 1. The Kier molecular flexibility index (Phi) is 2.82. The average Bonchev–Trinajstić information content (AvgIpc) is 2.81. The second kappa shape index (κ2) is 4.28. The summed E-state index contributed by atoms with van der Waals surface area (Å²) < 4.78 is 1.08. The van der Waals surface area contributed by atoms with Crippen molar-refractivity contribution in [2.75, 3.05) is 4.31 Å². The molecule has 6 heteroatoms. The van der Waals surface area contributed by atoms with Crippen molar-refractivity contribution in [2.45, 2.75) is 0 Å². The van der Waals surface area contributed by atoms with Gasteiger partial charge in [-0.15, -0.1) is 0 Å². The number of carbonyl (C=O) groups excluding carboxylic acids is 1. The fraction of sp³-hybridized carbons (Fsp3) is 0. The van der Waals surface area contributed by atoms with E-state index in [1.54, 1.807) is 30.6 Å². The third kappa shape index (κ3) is 2.01. The smallest absolute Gasteiger partial charge is 0.329 e. The Morgan fingerprint density at radius 1 is 1.50 bits per heavy atom. The van der Waals surface area contributed by atoms with Crippen molar-refractivity contribution in [1.82, 2.24) is 9.97 Å². The van der Waals surface area contributed by atoms with Gasteiger partial charge in [-0.25, -0.2) is 14.1 Å². The SMILES string of the molecule is NC(=O)N(S)c1cccc(-c2ncc[nH]2)c1. The van der Waals surface area contributed by atoms with Gasteiger partial charge in [0.05, 0.1) is 5.69 Å². The Morgan fingerprint density at radius 3 is 2.94 bits per heavy atom. The molecule has 16 heavy (non-hydrogen) atoms. The normalized spacial score (nSPS) is 10.1. The molecule has 0 saturated carbocycles. The van der Waals surface area contributed by atoms with E-state index in [9.17, 15) is 4.79 Å². The molecule has 82 valence electrons. The molecular formula is C10H10N4OS. The quantitative estimate of drug-likeness (QED) is 0.693. The lowest BCUT2D eigenvalue weighted by atomic mass is 10.2. The Hall–Kier alpha value is -1.95. The van der Waals surface area contributed by atoms with Gasteiger partial charge in [0.25, 0.3) is 0 Å². The molecule has 5 nitrogen and oxygen atoms in total. The van der Waals surface area contributed by atoms with E-state index in [2.05, 4.69) is 22.8 Å². The monoisotopic (exact) mass is 234 g/mol. The number of urea groups is 1. The second-order valence-corrected chi connectivity index (χ2v) is 3.54. The highest BCUT2D eigenvalue weighted by molar-refractivity contribution is 7.82. The molecule has 1 aromatic heterocycles. The predicted molar refractivity (Wildman–Crippen MR) is 65.1 cm³/mol. The highest BCUT2D eigenvalue weighted by atomic mass is 32.1. The van der Waals surface area contributed by atoms with Crippen LogP contribution in [0.2, 0.25) is 0 Å². The molecule has 0 bridgehead atoms. The van der Waals surface area contributed by atoms with Crippen molar-refractivity contribution in [3.05, 3.63) is 36.7 Å². The summed E-state index contributed by atoms with van der Waals surface area (Å²) in [6, 6.07) is 6.57. The van der Waals surface area contributed by atoms with Gasteiger partial charge in [0.2, 0.25) is 0 Å². The first kappa shape index (κ1) is 10.6. The number of primary amides is 1. The van der Waals surface area contributed by atoms with Crippen molar-refractivity contribution in [3.63, 3.8) is 0 Å². The van der Waals surface area contributed by atoms with Crippen LogP contribution in [0.1, 0.15) is 0 Å². The summed E-state index contributed by atoms with van der Waals surface area (Å²) >= 11 is 3.99. The molecular weight excluding hydrogens is 224 g/mol. The van der Waals surface area contributed by atoms with Crippen LogP contribution in [0.4, 0.5) is 10.5 Å². The fourth-order valence-corrected chi connectivity index (χ4v) is 1.46. The third-order valence-corrected chi connectivity index (χ3v) is 2.50. The number of amides is 2. The summed E-state index contributed by atoms with van der Waals surface area (Å²) in [4.78, 5) is 18.0. The van der Waals surface area contributed by atoms with Crippen LogP contribution >= 0.6 is 12.8 Å². The van der Waals surface area contributed by atoms with Crippen molar-refractivity contribution in [3.8, 4) is 11.4 Å². The number of aromatic nitrogens is 2. The number of H-pyrrole nitrogens is 1. The predicted octanol–water partition coefficient (Wildman–Crippen LogP) is 1.81. The molecule has 0 aliphatic heterocycles. The van der Waals surface area contributed by atoms with Crippen LogP contribution in [0.25, 0.3) is 11.4 Å². The number of nitrogens with one attached hydrogen (secondary N) is 1. The van der Waals surface area contributed by atoms with Gasteiger partial charge in [-0.05, 0) is 12.1 Å². The van der Waals surface area contributed by atoms with Crippen LogP contribution in [0.3, 0.4) is 0 Å². The number of benzene rings is 1. The maximum atomic E-state index is 10.9. The molecule has 2 rings (SSSR count). The van der Waals surface area contributed by atoms with Crippen LogP contribution in [-0.4, -0.2) is 16.0 Å². The maximum Gasteiger partial charge on any atom is 0.329 e.